The molecule has 2 atom stereocenters. The third-order valence-electron chi connectivity index (χ3n) is 3.93. The van der Waals surface area contributed by atoms with E-state index in [0.717, 1.165) is 0 Å². The molecular weight excluding hydrogens is 320 g/mol. The lowest BCUT2D eigenvalue weighted by molar-refractivity contribution is -0.123. The van der Waals surface area contributed by atoms with Crippen LogP contribution in [0.2, 0.25) is 0 Å². The molecule has 1 saturated heterocycles. The Morgan fingerprint density at radius 3 is 2.64 bits per heavy atom. The van der Waals surface area contributed by atoms with E-state index >= 15 is 0 Å². The van der Waals surface area contributed by atoms with Crippen molar-refractivity contribution >= 4 is 23.2 Å². The van der Waals surface area contributed by atoms with Crippen molar-refractivity contribution in [3.63, 3.8) is 0 Å². The van der Waals surface area contributed by atoms with Crippen LogP contribution in [0.1, 0.15) is 17.3 Å². The van der Waals surface area contributed by atoms with Crippen LogP contribution in [0.15, 0.2) is 48.8 Å². The SMILES string of the molecule is C[C@H]1OCCN[C@@H]1C(=O)Nc1ccc(C(=O)Nc2cccnc2)cc1. The molecule has 1 aliphatic heterocycles. The van der Waals surface area contributed by atoms with Gasteiger partial charge in [0.25, 0.3) is 5.91 Å². The quantitative estimate of drug-likeness (QED) is 0.787. The number of rotatable bonds is 4. The van der Waals surface area contributed by atoms with Gasteiger partial charge in [0.2, 0.25) is 5.91 Å². The van der Waals surface area contributed by atoms with Gasteiger partial charge in [-0.1, -0.05) is 0 Å². The molecule has 2 aromatic rings. The van der Waals surface area contributed by atoms with Crippen molar-refractivity contribution < 1.29 is 14.3 Å². The van der Waals surface area contributed by atoms with E-state index in [4.69, 9.17) is 4.74 Å². The van der Waals surface area contributed by atoms with Gasteiger partial charge in [0.1, 0.15) is 6.04 Å². The van der Waals surface area contributed by atoms with Gasteiger partial charge in [-0.2, -0.15) is 0 Å². The number of benzene rings is 1. The Morgan fingerprint density at radius 2 is 1.96 bits per heavy atom. The summed E-state index contributed by atoms with van der Waals surface area (Å²) in [5.41, 5.74) is 1.75. The Kier molecular flexibility index (Phi) is 5.37. The highest BCUT2D eigenvalue weighted by atomic mass is 16.5. The van der Waals surface area contributed by atoms with Gasteiger partial charge in [-0.05, 0) is 43.3 Å². The lowest BCUT2D eigenvalue weighted by Crippen LogP contribution is -2.53. The second-order valence-electron chi connectivity index (χ2n) is 5.77. The van der Waals surface area contributed by atoms with E-state index in [0.29, 0.717) is 30.1 Å². The Morgan fingerprint density at radius 1 is 1.16 bits per heavy atom. The first-order chi connectivity index (χ1) is 12.1. The summed E-state index contributed by atoms with van der Waals surface area (Å²) >= 11 is 0. The van der Waals surface area contributed by atoms with Gasteiger partial charge in [0.05, 0.1) is 24.6 Å². The maximum Gasteiger partial charge on any atom is 0.255 e. The minimum Gasteiger partial charge on any atom is -0.375 e. The first-order valence-electron chi connectivity index (χ1n) is 8.11. The number of ether oxygens (including phenoxy) is 1. The molecule has 7 nitrogen and oxygen atoms in total. The van der Waals surface area contributed by atoms with Crippen LogP contribution in [-0.4, -0.2) is 42.1 Å². The molecule has 1 aliphatic rings. The molecule has 1 fully saturated rings. The van der Waals surface area contributed by atoms with Crippen LogP contribution >= 0.6 is 0 Å². The number of amides is 2. The molecule has 2 amide bonds. The molecule has 0 saturated carbocycles. The average molecular weight is 340 g/mol. The minimum absolute atomic E-state index is 0.153. The molecule has 0 spiro atoms. The Labute approximate surface area is 145 Å². The second kappa shape index (κ2) is 7.87. The number of pyridine rings is 1. The molecule has 1 aromatic heterocycles. The standard InChI is InChI=1S/C18H20N4O3/c1-12-16(20-9-10-25-12)18(24)21-14-6-4-13(5-7-14)17(23)22-15-3-2-8-19-11-15/h2-8,11-12,16,20H,9-10H2,1H3,(H,21,24)(H,22,23)/t12-,16+/m1/s1. The molecule has 0 aliphatic carbocycles. The van der Waals surface area contributed by atoms with Gasteiger partial charge in [-0.3, -0.25) is 14.6 Å². The lowest BCUT2D eigenvalue weighted by atomic mass is 10.1. The van der Waals surface area contributed by atoms with E-state index in [9.17, 15) is 9.59 Å². The molecular formula is C18H20N4O3. The highest BCUT2D eigenvalue weighted by Crippen LogP contribution is 2.14. The largest absolute Gasteiger partial charge is 0.375 e. The molecule has 3 N–H and O–H groups in total. The topological polar surface area (TPSA) is 92.4 Å². The van der Waals surface area contributed by atoms with E-state index < -0.39 is 0 Å². The number of nitrogens with zero attached hydrogens (tertiary/aromatic N) is 1. The van der Waals surface area contributed by atoms with Crippen molar-refractivity contribution in [2.24, 2.45) is 0 Å². The van der Waals surface area contributed by atoms with Crippen LogP contribution in [0.3, 0.4) is 0 Å². The van der Waals surface area contributed by atoms with Crippen molar-refractivity contribution in [2.75, 3.05) is 23.8 Å². The first kappa shape index (κ1) is 17.1. The molecule has 2 heterocycles. The molecule has 7 heteroatoms. The number of morpholine rings is 1. The molecule has 0 unspecified atom stereocenters. The van der Waals surface area contributed by atoms with Crippen molar-refractivity contribution in [3.05, 3.63) is 54.4 Å². The maximum absolute atomic E-state index is 12.3. The Bertz CT molecular complexity index is 734. The first-order valence-corrected chi connectivity index (χ1v) is 8.11. The van der Waals surface area contributed by atoms with Crippen LogP contribution < -0.4 is 16.0 Å². The zero-order chi connectivity index (χ0) is 17.6. The fraction of sp³-hybridized carbons (Fsp3) is 0.278. The van der Waals surface area contributed by atoms with Gasteiger partial charge in [0.15, 0.2) is 0 Å². The summed E-state index contributed by atoms with van der Waals surface area (Å²) in [6, 6.07) is 9.85. The monoisotopic (exact) mass is 340 g/mol. The summed E-state index contributed by atoms with van der Waals surface area (Å²) in [4.78, 5) is 28.4. The zero-order valence-electron chi connectivity index (χ0n) is 13.9. The van der Waals surface area contributed by atoms with Crippen LogP contribution in [0.25, 0.3) is 0 Å². The molecule has 0 bridgehead atoms. The van der Waals surface area contributed by atoms with Crippen molar-refractivity contribution in [1.29, 1.82) is 0 Å². The summed E-state index contributed by atoms with van der Waals surface area (Å²) in [5, 5.41) is 8.73. The predicted octanol–water partition coefficient (Wildman–Crippen LogP) is 1.65. The van der Waals surface area contributed by atoms with E-state index in [1.807, 2.05) is 6.92 Å². The van der Waals surface area contributed by atoms with Gasteiger partial charge in [-0.15, -0.1) is 0 Å². The third kappa shape index (κ3) is 4.40. The van der Waals surface area contributed by atoms with Gasteiger partial charge < -0.3 is 20.7 Å². The van der Waals surface area contributed by atoms with Gasteiger partial charge >= 0.3 is 0 Å². The summed E-state index contributed by atoms with van der Waals surface area (Å²) in [5.74, 6) is -0.387. The fourth-order valence-electron chi connectivity index (χ4n) is 2.59. The molecule has 130 valence electrons. The van der Waals surface area contributed by atoms with Crippen molar-refractivity contribution in [2.45, 2.75) is 19.1 Å². The smallest absolute Gasteiger partial charge is 0.255 e. The molecule has 0 radical (unpaired) electrons. The van der Waals surface area contributed by atoms with Crippen LogP contribution in [0.4, 0.5) is 11.4 Å². The molecule has 25 heavy (non-hydrogen) atoms. The highest BCUT2D eigenvalue weighted by Gasteiger charge is 2.28. The predicted molar refractivity (Wildman–Crippen MR) is 94.5 cm³/mol. The Hall–Kier alpha value is -2.77. The van der Waals surface area contributed by atoms with Crippen molar-refractivity contribution in [1.82, 2.24) is 10.3 Å². The number of anilines is 2. The number of nitrogens with one attached hydrogen (secondary N) is 3. The van der Waals surface area contributed by atoms with Gasteiger partial charge in [0, 0.05) is 24.0 Å². The van der Waals surface area contributed by atoms with E-state index in [2.05, 4.69) is 20.9 Å². The Balaban J connectivity index is 1.60. The summed E-state index contributed by atoms with van der Waals surface area (Å²) < 4.78 is 5.48. The maximum atomic E-state index is 12.3. The summed E-state index contributed by atoms with van der Waals surface area (Å²) in [6.45, 7) is 3.11. The number of hydrogen-bond donors (Lipinski definition) is 3. The zero-order valence-corrected chi connectivity index (χ0v) is 13.9. The van der Waals surface area contributed by atoms with Crippen LogP contribution in [0, 0.1) is 0 Å². The number of carbonyl (C=O) groups is 2. The molecule has 1 aromatic carbocycles. The van der Waals surface area contributed by atoms with Crippen LogP contribution in [0.5, 0.6) is 0 Å². The second-order valence-corrected chi connectivity index (χ2v) is 5.77. The van der Waals surface area contributed by atoms with E-state index in [1.54, 1.807) is 48.8 Å². The van der Waals surface area contributed by atoms with E-state index in [1.165, 1.54) is 0 Å². The number of carbonyl (C=O) groups excluding carboxylic acids is 2. The van der Waals surface area contributed by atoms with Crippen molar-refractivity contribution in [3.8, 4) is 0 Å². The lowest BCUT2D eigenvalue weighted by Gasteiger charge is -2.29. The van der Waals surface area contributed by atoms with Gasteiger partial charge in [-0.25, -0.2) is 0 Å². The molecule has 3 rings (SSSR count). The average Bonchev–Trinajstić information content (AvgIpc) is 2.63. The summed E-state index contributed by atoms with van der Waals surface area (Å²) in [6.07, 6.45) is 3.03. The minimum atomic E-state index is -0.387. The fourth-order valence-corrected chi connectivity index (χ4v) is 2.59. The summed E-state index contributed by atoms with van der Waals surface area (Å²) in [7, 11) is 0. The third-order valence-corrected chi connectivity index (χ3v) is 3.93. The number of hydrogen-bond acceptors (Lipinski definition) is 5. The van der Waals surface area contributed by atoms with E-state index in [-0.39, 0.29) is 24.0 Å². The highest BCUT2D eigenvalue weighted by molar-refractivity contribution is 6.04. The normalized spacial score (nSPS) is 19.9. The number of aromatic nitrogens is 1. The van der Waals surface area contributed by atoms with Crippen LogP contribution in [-0.2, 0) is 9.53 Å².